The smallest absolute Gasteiger partial charge is 0.407 e. The number of nitrogens with one attached hydrogen (secondary N) is 4. The molecular formula is C65H66F2N5O16P. The summed E-state index contributed by atoms with van der Waals surface area (Å²) in [7, 11) is -5.89. The number of alkyl carbamates (subject to hydrolysis) is 1. The maximum absolute atomic E-state index is 14.5. The molecule has 4 atom stereocenters. The highest BCUT2D eigenvalue weighted by Crippen LogP contribution is 2.59. The average Bonchev–Trinajstić information content (AvgIpc) is 1.44. The molecule has 4 unspecified atom stereocenters. The number of carboxylic acid groups (broad SMARTS) is 1. The molecule has 0 fully saturated rings. The van der Waals surface area contributed by atoms with Gasteiger partial charge in [-0.15, -0.1) is 0 Å². The number of fused-ring (bicyclic) bond motifs is 5. The van der Waals surface area contributed by atoms with Crippen molar-refractivity contribution in [1.29, 1.82) is 0 Å². The topological polar surface area (TPSA) is 348 Å². The Morgan fingerprint density at radius 3 is 1.97 bits per heavy atom. The van der Waals surface area contributed by atoms with Gasteiger partial charge in [0.1, 0.15) is 35.5 Å². The summed E-state index contributed by atoms with van der Waals surface area (Å²) in [5.74, 6) is -7.79. The van der Waals surface area contributed by atoms with Crippen LogP contribution in [0.5, 0.6) is 5.75 Å². The first-order valence-electron chi connectivity index (χ1n) is 28.7. The lowest BCUT2D eigenvalue weighted by molar-refractivity contribution is -0.134. The predicted octanol–water partition coefficient (Wildman–Crippen LogP) is 8.69. The Morgan fingerprint density at radius 2 is 1.34 bits per heavy atom. The standard InChI is InChI=1S/C65H66F2N5O16P/c1-36(60(78)72-54(59(68)77)16-8-9-27-69-61(79)39-19-24-48(51(32-39)63(81)82)58-49-25-22-42(74)33-56(49)88-57-34-43(75)23-26-50(57)58)29-55(76)53(71-62(80)40(30-37(2)73)31-38-17-20-41(21-18-38)65(66,67)89(84,85)86)15-7-10-28-70-64(83)87-35-52-46-13-5-3-11-44(46)45-12-4-6-14-47(45)52/h3-6,11-14,17-26,32-34,36,40,52-54,74H,7-10,15-16,27-31,35H2,1-2H3,(H2,68,77)(H,69,79)(H,70,83)(H,71,80)(H,72,78)(H,81,82)(H2,84,85,86). The molecule has 0 aromatic heterocycles. The van der Waals surface area contributed by atoms with Crippen LogP contribution in [0.2, 0.25) is 0 Å². The molecule has 89 heavy (non-hydrogen) atoms. The number of benzene rings is 6. The number of phenols is 1. The van der Waals surface area contributed by atoms with Gasteiger partial charge in [0.15, 0.2) is 11.2 Å². The molecule has 466 valence electrons. The number of amides is 5. The van der Waals surface area contributed by atoms with Gasteiger partial charge < -0.3 is 60.9 Å². The molecular weight excluding hydrogens is 1180 g/mol. The molecule has 5 amide bonds. The molecule has 0 saturated heterocycles. The molecule has 0 spiro atoms. The number of hydrogen-bond donors (Lipinski definition) is 9. The summed E-state index contributed by atoms with van der Waals surface area (Å²) in [6, 6.07) is 29.5. The number of carbonyl (C=O) groups excluding carboxylic acids is 7. The number of ketones is 2. The van der Waals surface area contributed by atoms with E-state index in [-0.39, 0.29) is 115 Å². The highest BCUT2D eigenvalue weighted by Gasteiger charge is 2.50. The minimum Gasteiger partial charge on any atom is -0.508 e. The van der Waals surface area contributed by atoms with Gasteiger partial charge in [0, 0.05) is 83.5 Å². The molecule has 2 aliphatic carbocycles. The predicted molar refractivity (Wildman–Crippen MR) is 323 cm³/mol. The molecule has 10 N–H and O–H groups in total. The zero-order valence-corrected chi connectivity index (χ0v) is 49.4. The van der Waals surface area contributed by atoms with Gasteiger partial charge >= 0.3 is 25.3 Å². The van der Waals surface area contributed by atoms with Crippen molar-refractivity contribution in [3.63, 3.8) is 0 Å². The number of ether oxygens (including phenoxy) is 1. The largest absolute Gasteiger partial charge is 0.508 e. The van der Waals surface area contributed by atoms with Gasteiger partial charge in [-0.1, -0.05) is 85.8 Å². The molecule has 1 heterocycles. The normalized spacial score (nSPS) is 13.5. The Morgan fingerprint density at radius 1 is 0.719 bits per heavy atom. The lowest BCUT2D eigenvalue weighted by atomic mass is 9.90. The first kappa shape index (κ1) is 65.5. The summed E-state index contributed by atoms with van der Waals surface area (Å²) in [6.45, 7) is 2.89. The monoisotopic (exact) mass is 1240 g/mol. The van der Waals surface area contributed by atoms with Crippen molar-refractivity contribution < 1.29 is 80.9 Å². The van der Waals surface area contributed by atoms with Crippen molar-refractivity contribution in [3.05, 3.63) is 171 Å². The molecule has 0 saturated carbocycles. The van der Waals surface area contributed by atoms with Crippen LogP contribution < -0.4 is 32.4 Å². The zero-order chi connectivity index (χ0) is 64.3. The van der Waals surface area contributed by atoms with Gasteiger partial charge in [0.2, 0.25) is 17.7 Å². The number of nitrogens with two attached hydrogens (primary N) is 1. The minimum atomic E-state index is -5.89. The number of Topliss-reactive ketones (excluding diaryl/α,β-unsaturated/α-hetero) is 2. The first-order chi connectivity index (χ1) is 42.3. The molecule has 0 radical (unpaired) electrons. The van der Waals surface area contributed by atoms with Gasteiger partial charge in [-0.3, -0.25) is 33.3 Å². The van der Waals surface area contributed by atoms with E-state index in [9.17, 15) is 76.5 Å². The van der Waals surface area contributed by atoms with Crippen LogP contribution in [0.3, 0.4) is 0 Å². The minimum absolute atomic E-state index is 0.00606. The van der Waals surface area contributed by atoms with E-state index in [1.54, 1.807) is 6.07 Å². The Labute approximate surface area is 508 Å². The van der Waals surface area contributed by atoms with E-state index in [1.165, 1.54) is 62.4 Å². The molecule has 21 nitrogen and oxygen atoms in total. The Bertz CT molecular complexity index is 3880. The van der Waals surface area contributed by atoms with Crippen LogP contribution in [0.25, 0.3) is 44.5 Å². The van der Waals surface area contributed by atoms with E-state index >= 15 is 0 Å². The van der Waals surface area contributed by atoms with Gasteiger partial charge in [-0.05, 0) is 122 Å². The summed E-state index contributed by atoms with van der Waals surface area (Å²) in [4.78, 5) is 137. The second kappa shape index (κ2) is 28.6. The average molecular weight is 1240 g/mol. The molecule has 3 aliphatic rings. The van der Waals surface area contributed by atoms with Crippen molar-refractivity contribution >= 4 is 65.8 Å². The maximum Gasteiger partial charge on any atom is 0.407 e. The number of hydrogen-bond acceptors (Lipinski definition) is 13. The van der Waals surface area contributed by atoms with E-state index < -0.39 is 96.4 Å². The second-order valence-electron chi connectivity index (χ2n) is 22.1. The van der Waals surface area contributed by atoms with Crippen LogP contribution in [0, 0.1) is 11.8 Å². The third-order valence-corrected chi connectivity index (χ3v) is 16.6. The van der Waals surface area contributed by atoms with E-state index in [0.717, 1.165) is 46.5 Å². The van der Waals surface area contributed by atoms with Crippen LogP contribution in [-0.4, -0.2) is 99.0 Å². The van der Waals surface area contributed by atoms with E-state index in [0.29, 0.717) is 22.9 Å². The maximum atomic E-state index is 14.5. The van der Waals surface area contributed by atoms with Gasteiger partial charge in [0.25, 0.3) is 5.91 Å². The second-order valence-corrected chi connectivity index (χ2v) is 23.7. The summed E-state index contributed by atoms with van der Waals surface area (Å²) in [6.07, 6.45) is -0.608. The Balaban J connectivity index is 0.866. The summed E-state index contributed by atoms with van der Waals surface area (Å²) >= 11 is 0. The van der Waals surface area contributed by atoms with Crippen LogP contribution in [0.15, 0.2) is 137 Å². The fraction of sp³-hybridized carbons (Fsp3) is 0.308. The Kier molecular flexibility index (Phi) is 21.1. The molecule has 8 rings (SSSR count). The van der Waals surface area contributed by atoms with E-state index in [4.69, 9.17) is 14.9 Å². The van der Waals surface area contributed by atoms with Crippen molar-refractivity contribution in [2.24, 2.45) is 17.6 Å². The number of primary amides is 1. The third kappa shape index (κ3) is 16.0. The number of rotatable bonds is 29. The lowest BCUT2D eigenvalue weighted by Gasteiger charge is -2.24. The number of carbonyl (C=O) groups is 8. The molecule has 0 bridgehead atoms. The van der Waals surface area contributed by atoms with Crippen molar-refractivity contribution in [3.8, 4) is 39.3 Å². The van der Waals surface area contributed by atoms with Crippen LogP contribution >= 0.6 is 7.60 Å². The molecule has 24 heteroatoms. The fourth-order valence-electron chi connectivity index (χ4n) is 11.0. The fourth-order valence-corrected chi connectivity index (χ4v) is 11.4. The van der Waals surface area contributed by atoms with Crippen LogP contribution in [0.4, 0.5) is 13.6 Å². The molecule has 1 aliphatic heterocycles. The van der Waals surface area contributed by atoms with Crippen molar-refractivity contribution in [2.75, 3.05) is 19.7 Å². The number of carboxylic acids is 1. The number of halogens is 2. The van der Waals surface area contributed by atoms with Crippen molar-refractivity contribution in [2.45, 2.75) is 95.3 Å². The quantitative estimate of drug-likeness (QED) is 0.0120. The third-order valence-electron chi connectivity index (χ3n) is 15.6. The lowest BCUT2D eigenvalue weighted by Crippen LogP contribution is -2.48. The number of unbranched alkanes of at least 4 members (excludes halogenated alkanes) is 2. The van der Waals surface area contributed by atoms with Gasteiger partial charge in [-0.2, -0.15) is 8.78 Å². The van der Waals surface area contributed by atoms with Crippen LogP contribution in [0.1, 0.15) is 114 Å². The SMILES string of the molecule is CC(=O)CC(Cc1ccc(C(F)(F)P(=O)(O)O)cc1)C(=O)NC(CCCCNC(=O)OCC1c2ccccc2-c2ccccc21)C(=O)CC(C)C(=O)NC(CCCCNC(=O)c1ccc(-c2c3ccc(=O)cc-3oc3cc(O)ccc23)c(C(=O)O)c1)C(N)=O. The van der Waals surface area contributed by atoms with Crippen LogP contribution in [-0.2, 0) is 45.4 Å². The highest BCUT2D eigenvalue weighted by molar-refractivity contribution is 7.52. The molecule has 5 aromatic rings. The molecule has 5 aromatic carbocycles. The Hall–Kier alpha value is -9.44. The van der Waals surface area contributed by atoms with Crippen molar-refractivity contribution in [1.82, 2.24) is 21.3 Å². The summed E-state index contributed by atoms with van der Waals surface area (Å²) < 4.78 is 51.9. The number of aromatic carboxylic acids is 1. The summed E-state index contributed by atoms with van der Waals surface area (Å²) in [5.41, 5.74) is 5.27. The van der Waals surface area contributed by atoms with Gasteiger partial charge in [0.05, 0.1) is 11.6 Å². The van der Waals surface area contributed by atoms with E-state index in [2.05, 4.69) is 21.3 Å². The zero-order valence-electron chi connectivity index (χ0n) is 48.5. The highest BCUT2D eigenvalue weighted by atomic mass is 31.2. The summed E-state index contributed by atoms with van der Waals surface area (Å²) in [5, 5.41) is 31.7. The number of phenolic OH excluding ortho intramolecular Hbond substituents is 1. The first-order valence-corrected chi connectivity index (χ1v) is 30.3. The van der Waals surface area contributed by atoms with Gasteiger partial charge in [-0.25, -0.2) is 9.59 Å². The number of aromatic hydroxyl groups is 1. The number of alkyl halides is 2. The van der Waals surface area contributed by atoms with E-state index in [1.807, 2.05) is 48.5 Å².